The van der Waals surface area contributed by atoms with Gasteiger partial charge in [-0.3, -0.25) is 9.78 Å². The highest BCUT2D eigenvalue weighted by molar-refractivity contribution is 7.99. The van der Waals surface area contributed by atoms with Crippen LogP contribution in [0, 0.1) is 5.92 Å². The lowest BCUT2D eigenvalue weighted by Gasteiger charge is -2.28. The minimum Gasteiger partial charge on any atom is -0.480 e. The average molecular weight is 253 g/mol. The smallest absolute Gasteiger partial charge is 0.325 e. The lowest BCUT2D eigenvalue weighted by molar-refractivity contribution is -0.144. The first-order chi connectivity index (χ1) is 8.19. The summed E-state index contributed by atoms with van der Waals surface area (Å²) in [5, 5.41) is 13.1. The standard InChI is InChI=1S/C11H15N3O2S/c1-12-11(10(15)16,8-2-3-8)7-17-9-6-13-4-5-14-9/h4-6,8,12H,2-3,7H2,1H3,(H,15,16). The molecule has 2 rings (SSSR count). The van der Waals surface area contributed by atoms with Crippen molar-refractivity contribution in [2.45, 2.75) is 23.4 Å². The Morgan fingerprint density at radius 1 is 1.65 bits per heavy atom. The zero-order valence-electron chi connectivity index (χ0n) is 9.59. The van der Waals surface area contributed by atoms with E-state index in [0.29, 0.717) is 5.75 Å². The molecule has 2 N–H and O–H groups in total. The van der Waals surface area contributed by atoms with E-state index < -0.39 is 11.5 Å². The summed E-state index contributed by atoms with van der Waals surface area (Å²) < 4.78 is 0. The molecular formula is C11H15N3O2S. The maximum absolute atomic E-state index is 11.4. The summed E-state index contributed by atoms with van der Waals surface area (Å²) in [6.45, 7) is 0. The Labute approximate surface area is 104 Å². The summed E-state index contributed by atoms with van der Waals surface area (Å²) in [6, 6.07) is 0. The van der Waals surface area contributed by atoms with Crippen molar-refractivity contribution in [3.8, 4) is 0 Å². The summed E-state index contributed by atoms with van der Waals surface area (Å²) in [4.78, 5) is 19.5. The van der Waals surface area contributed by atoms with Crippen molar-refractivity contribution in [1.29, 1.82) is 0 Å². The van der Waals surface area contributed by atoms with Crippen molar-refractivity contribution < 1.29 is 9.90 Å². The van der Waals surface area contributed by atoms with E-state index in [9.17, 15) is 9.90 Å². The molecule has 0 bridgehead atoms. The topological polar surface area (TPSA) is 75.1 Å². The van der Waals surface area contributed by atoms with Gasteiger partial charge in [0.15, 0.2) is 0 Å². The maximum Gasteiger partial charge on any atom is 0.325 e. The minimum absolute atomic E-state index is 0.231. The summed E-state index contributed by atoms with van der Waals surface area (Å²) in [6.07, 6.45) is 6.83. The van der Waals surface area contributed by atoms with Crippen LogP contribution in [0.2, 0.25) is 0 Å². The number of hydrogen-bond donors (Lipinski definition) is 2. The summed E-state index contributed by atoms with van der Waals surface area (Å²) >= 11 is 1.43. The van der Waals surface area contributed by atoms with Crippen LogP contribution in [0.1, 0.15) is 12.8 Å². The number of hydrogen-bond acceptors (Lipinski definition) is 5. The van der Waals surface area contributed by atoms with E-state index >= 15 is 0 Å². The van der Waals surface area contributed by atoms with Crippen LogP contribution in [0.3, 0.4) is 0 Å². The Kier molecular flexibility index (Phi) is 3.63. The highest BCUT2D eigenvalue weighted by Crippen LogP contribution is 2.42. The molecule has 17 heavy (non-hydrogen) atoms. The van der Waals surface area contributed by atoms with Crippen molar-refractivity contribution in [3.05, 3.63) is 18.6 Å². The number of carbonyl (C=O) groups is 1. The van der Waals surface area contributed by atoms with Crippen molar-refractivity contribution in [2.24, 2.45) is 5.92 Å². The molecule has 6 heteroatoms. The van der Waals surface area contributed by atoms with Crippen molar-refractivity contribution in [2.75, 3.05) is 12.8 Å². The highest BCUT2D eigenvalue weighted by Gasteiger charge is 2.50. The van der Waals surface area contributed by atoms with Gasteiger partial charge in [-0.2, -0.15) is 0 Å². The SMILES string of the molecule is CNC(CSc1cnccn1)(C(=O)O)C1CC1. The number of likely N-dealkylation sites (N-methyl/N-ethyl adjacent to an activating group) is 1. The Balaban J connectivity index is 2.06. The molecular weight excluding hydrogens is 238 g/mol. The molecule has 0 aromatic carbocycles. The molecule has 1 fully saturated rings. The molecule has 1 aliphatic carbocycles. The van der Waals surface area contributed by atoms with Crippen LogP contribution in [-0.4, -0.2) is 39.4 Å². The fourth-order valence-electron chi connectivity index (χ4n) is 1.86. The van der Waals surface area contributed by atoms with Gasteiger partial charge >= 0.3 is 5.97 Å². The molecule has 1 aliphatic rings. The molecule has 0 saturated heterocycles. The van der Waals surface area contributed by atoms with Crippen molar-refractivity contribution in [1.82, 2.24) is 15.3 Å². The van der Waals surface area contributed by atoms with Gasteiger partial charge in [0.05, 0.1) is 6.20 Å². The van der Waals surface area contributed by atoms with Crippen LogP contribution >= 0.6 is 11.8 Å². The van der Waals surface area contributed by atoms with Gasteiger partial charge in [-0.1, -0.05) is 0 Å². The molecule has 0 aliphatic heterocycles. The van der Waals surface area contributed by atoms with E-state index in [1.54, 1.807) is 25.6 Å². The molecule has 1 atom stereocenters. The summed E-state index contributed by atoms with van der Waals surface area (Å²) in [5.41, 5.74) is -0.831. The molecule has 5 nitrogen and oxygen atoms in total. The maximum atomic E-state index is 11.4. The first-order valence-corrected chi connectivity index (χ1v) is 6.49. The monoisotopic (exact) mass is 253 g/mol. The van der Waals surface area contributed by atoms with Crippen LogP contribution in [0.4, 0.5) is 0 Å². The summed E-state index contributed by atoms with van der Waals surface area (Å²) in [7, 11) is 1.71. The Morgan fingerprint density at radius 3 is 2.88 bits per heavy atom. The van der Waals surface area contributed by atoms with Crippen molar-refractivity contribution >= 4 is 17.7 Å². The van der Waals surface area contributed by atoms with Gasteiger partial charge in [0, 0.05) is 18.1 Å². The van der Waals surface area contributed by atoms with E-state index in [-0.39, 0.29) is 5.92 Å². The summed E-state index contributed by atoms with van der Waals surface area (Å²) in [5.74, 6) is -0.0737. The van der Waals surface area contributed by atoms with Gasteiger partial charge in [0.25, 0.3) is 0 Å². The number of nitrogens with zero attached hydrogens (tertiary/aromatic N) is 2. The van der Waals surface area contributed by atoms with E-state index in [2.05, 4.69) is 15.3 Å². The molecule has 1 heterocycles. The minimum atomic E-state index is -0.831. The number of thioether (sulfide) groups is 1. The van der Waals surface area contributed by atoms with E-state index in [0.717, 1.165) is 17.9 Å². The number of aliphatic carboxylic acids is 1. The highest BCUT2D eigenvalue weighted by atomic mass is 32.2. The molecule has 1 saturated carbocycles. The molecule has 0 radical (unpaired) electrons. The quantitative estimate of drug-likeness (QED) is 0.737. The molecule has 1 unspecified atom stereocenters. The van der Waals surface area contributed by atoms with E-state index in [4.69, 9.17) is 0 Å². The third kappa shape index (κ3) is 2.58. The molecule has 0 amide bonds. The number of nitrogens with one attached hydrogen (secondary N) is 1. The molecule has 1 aromatic heterocycles. The first kappa shape index (κ1) is 12.3. The van der Waals surface area contributed by atoms with Gasteiger partial charge in [0.1, 0.15) is 10.6 Å². The van der Waals surface area contributed by atoms with Crippen LogP contribution in [-0.2, 0) is 4.79 Å². The Bertz CT molecular complexity index is 397. The zero-order chi connectivity index (χ0) is 12.3. The van der Waals surface area contributed by atoms with Crippen molar-refractivity contribution in [3.63, 3.8) is 0 Å². The number of carboxylic acids is 1. The first-order valence-electron chi connectivity index (χ1n) is 5.50. The second kappa shape index (κ2) is 5.01. The Hall–Kier alpha value is -1.14. The number of aromatic nitrogens is 2. The number of rotatable bonds is 6. The lowest BCUT2D eigenvalue weighted by atomic mass is 9.96. The van der Waals surface area contributed by atoms with Gasteiger partial charge in [0.2, 0.25) is 0 Å². The van der Waals surface area contributed by atoms with Gasteiger partial charge in [-0.05, 0) is 25.8 Å². The fraction of sp³-hybridized carbons (Fsp3) is 0.545. The molecule has 0 spiro atoms. The van der Waals surface area contributed by atoms with Gasteiger partial charge < -0.3 is 10.4 Å². The van der Waals surface area contributed by atoms with E-state index in [1.807, 2.05) is 0 Å². The van der Waals surface area contributed by atoms with Crippen LogP contribution in [0.5, 0.6) is 0 Å². The molecule has 1 aromatic rings. The van der Waals surface area contributed by atoms with E-state index in [1.165, 1.54) is 11.8 Å². The fourth-order valence-corrected chi connectivity index (χ4v) is 3.01. The van der Waals surface area contributed by atoms with Crippen LogP contribution in [0.15, 0.2) is 23.6 Å². The zero-order valence-corrected chi connectivity index (χ0v) is 10.4. The van der Waals surface area contributed by atoms with Gasteiger partial charge in [-0.15, -0.1) is 11.8 Å². The largest absolute Gasteiger partial charge is 0.480 e. The predicted molar refractivity (Wildman–Crippen MR) is 64.9 cm³/mol. The van der Waals surface area contributed by atoms with Gasteiger partial charge in [-0.25, -0.2) is 4.98 Å². The second-order valence-corrected chi connectivity index (χ2v) is 5.13. The Morgan fingerprint density at radius 2 is 2.41 bits per heavy atom. The predicted octanol–water partition coefficient (Wildman–Crippen LogP) is 1.02. The normalized spacial score (nSPS) is 18.6. The number of carboxylic acid groups (broad SMARTS) is 1. The third-order valence-electron chi connectivity index (χ3n) is 3.09. The second-order valence-electron chi connectivity index (χ2n) is 4.13. The lowest BCUT2D eigenvalue weighted by Crippen LogP contribution is -2.54. The molecule has 92 valence electrons. The average Bonchev–Trinajstić information content (AvgIpc) is 3.16. The third-order valence-corrected chi connectivity index (χ3v) is 4.20. The van der Waals surface area contributed by atoms with Crippen LogP contribution in [0.25, 0.3) is 0 Å². The van der Waals surface area contributed by atoms with Crippen LogP contribution < -0.4 is 5.32 Å².